The Hall–Kier alpha value is -5.03. The van der Waals surface area contributed by atoms with E-state index < -0.39 is 0 Å². The van der Waals surface area contributed by atoms with Gasteiger partial charge in [-0.15, -0.1) is 0 Å². The normalized spacial score (nSPS) is 12.3. The Labute approximate surface area is 249 Å². The van der Waals surface area contributed by atoms with Gasteiger partial charge in [-0.05, 0) is 53.5 Å². The molecule has 4 heterocycles. The quantitative estimate of drug-likeness (QED) is 0.215. The average Bonchev–Trinajstić information content (AvgIpc) is 3.59. The number of aromatic nitrogens is 4. The second-order valence-corrected chi connectivity index (χ2v) is 12.1. The smallest absolute Gasteiger partial charge is 0.227 e. The van der Waals surface area contributed by atoms with Gasteiger partial charge in [-0.2, -0.15) is 0 Å². The second-order valence-electron chi connectivity index (χ2n) is 12.1. The number of furan rings is 1. The molecule has 8 rings (SSSR count). The van der Waals surface area contributed by atoms with Crippen molar-refractivity contribution in [3.8, 4) is 17.1 Å². The highest BCUT2D eigenvalue weighted by Gasteiger charge is 2.26. The van der Waals surface area contributed by atoms with E-state index in [2.05, 4.69) is 111 Å². The molecule has 5 heteroatoms. The molecular weight excluding hydrogens is 528 g/mol. The Bertz CT molecular complexity index is 2350. The van der Waals surface area contributed by atoms with Crippen molar-refractivity contribution in [2.24, 2.45) is 0 Å². The van der Waals surface area contributed by atoms with E-state index in [-0.39, 0.29) is 0 Å². The summed E-state index contributed by atoms with van der Waals surface area (Å²) >= 11 is 0. The zero-order valence-electron chi connectivity index (χ0n) is 25.0. The minimum Gasteiger partial charge on any atom is -0.437 e. The topological polar surface area (TPSA) is 56.7 Å². The van der Waals surface area contributed by atoms with Crippen molar-refractivity contribution < 1.29 is 4.42 Å². The molecule has 0 bridgehead atoms. The van der Waals surface area contributed by atoms with Crippen molar-refractivity contribution in [1.29, 1.82) is 0 Å². The van der Waals surface area contributed by atoms with E-state index in [9.17, 15) is 0 Å². The molecular formula is C38H32N4O. The zero-order valence-corrected chi connectivity index (χ0v) is 25.0. The lowest BCUT2D eigenvalue weighted by molar-refractivity contribution is 0.655. The van der Waals surface area contributed by atoms with Gasteiger partial charge < -0.3 is 4.42 Å². The summed E-state index contributed by atoms with van der Waals surface area (Å²) in [5, 5.41) is 5.39. The van der Waals surface area contributed by atoms with E-state index in [0.29, 0.717) is 17.5 Å². The Balaban J connectivity index is 1.57. The van der Waals surface area contributed by atoms with Gasteiger partial charge in [0.15, 0.2) is 0 Å². The number of nitrogens with zero attached hydrogens (tertiary/aromatic N) is 4. The number of hydrogen-bond acceptors (Lipinski definition) is 4. The molecule has 0 amide bonds. The summed E-state index contributed by atoms with van der Waals surface area (Å²) in [5.74, 6) is 1.46. The number of benzene rings is 4. The van der Waals surface area contributed by atoms with Gasteiger partial charge in [0.25, 0.3) is 0 Å². The minimum atomic E-state index is 0.307. The third-order valence-corrected chi connectivity index (χ3v) is 8.67. The van der Waals surface area contributed by atoms with E-state index >= 15 is 0 Å². The van der Waals surface area contributed by atoms with Crippen molar-refractivity contribution in [3.63, 3.8) is 0 Å². The molecule has 5 nitrogen and oxygen atoms in total. The second kappa shape index (κ2) is 9.50. The van der Waals surface area contributed by atoms with Gasteiger partial charge in [-0.3, -0.25) is 9.55 Å². The molecule has 8 aromatic rings. The first kappa shape index (κ1) is 25.7. The summed E-state index contributed by atoms with van der Waals surface area (Å²) in [7, 11) is 0. The molecule has 210 valence electrons. The van der Waals surface area contributed by atoms with Gasteiger partial charge in [0.2, 0.25) is 5.71 Å². The third kappa shape index (κ3) is 3.81. The van der Waals surface area contributed by atoms with E-state index in [1.165, 1.54) is 16.8 Å². The van der Waals surface area contributed by atoms with Gasteiger partial charge in [0, 0.05) is 28.0 Å². The predicted octanol–water partition coefficient (Wildman–Crippen LogP) is 10.2. The van der Waals surface area contributed by atoms with Gasteiger partial charge >= 0.3 is 0 Å². The first-order valence-corrected chi connectivity index (χ1v) is 15.0. The predicted molar refractivity (Wildman–Crippen MR) is 177 cm³/mol. The fourth-order valence-corrected chi connectivity index (χ4v) is 6.61. The van der Waals surface area contributed by atoms with Crippen LogP contribution >= 0.6 is 0 Å². The summed E-state index contributed by atoms with van der Waals surface area (Å²) in [6, 6.07) is 29.9. The number of rotatable bonds is 4. The average molecular weight is 561 g/mol. The van der Waals surface area contributed by atoms with Crippen molar-refractivity contribution >= 4 is 54.8 Å². The number of imidazole rings is 1. The molecule has 43 heavy (non-hydrogen) atoms. The number of aryl methyl sites for hydroxylation is 1. The summed E-state index contributed by atoms with van der Waals surface area (Å²) in [5.41, 5.74) is 9.95. The molecule has 0 saturated heterocycles. The Morgan fingerprint density at radius 3 is 2.21 bits per heavy atom. The zero-order chi connectivity index (χ0) is 29.4. The lowest BCUT2D eigenvalue weighted by Gasteiger charge is -2.23. The number of pyridine rings is 2. The molecule has 0 N–H and O–H groups in total. The van der Waals surface area contributed by atoms with Crippen LogP contribution in [0.4, 0.5) is 0 Å². The van der Waals surface area contributed by atoms with Crippen molar-refractivity contribution in [1.82, 2.24) is 19.5 Å². The Kier molecular flexibility index (Phi) is 5.67. The summed E-state index contributed by atoms with van der Waals surface area (Å²) < 4.78 is 8.98. The molecule has 0 saturated carbocycles. The van der Waals surface area contributed by atoms with Crippen LogP contribution in [0.5, 0.6) is 0 Å². The fourth-order valence-electron chi connectivity index (χ4n) is 6.61. The maximum absolute atomic E-state index is 6.61. The number of hydrogen-bond donors (Lipinski definition) is 0. The van der Waals surface area contributed by atoms with Crippen molar-refractivity contribution in [2.75, 3.05) is 0 Å². The SMILES string of the molecule is Cc1ccc2ccc3nc(-c4cccc5c4oc4ncc6ccccc6c45)n(-c4c(C(C)C)cccc4C(C)C)c3c2n1. The maximum Gasteiger partial charge on any atom is 0.227 e. The highest BCUT2D eigenvalue weighted by atomic mass is 16.3. The molecule has 0 spiro atoms. The Morgan fingerprint density at radius 1 is 0.698 bits per heavy atom. The molecule has 0 atom stereocenters. The fraction of sp³-hybridized carbons (Fsp3) is 0.184. The van der Waals surface area contributed by atoms with E-state index in [0.717, 1.165) is 66.1 Å². The van der Waals surface area contributed by atoms with Gasteiger partial charge in [-0.25, -0.2) is 9.97 Å². The third-order valence-electron chi connectivity index (χ3n) is 8.67. The number of para-hydroxylation sites is 2. The van der Waals surface area contributed by atoms with Crippen LogP contribution in [0.25, 0.3) is 71.9 Å². The van der Waals surface area contributed by atoms with Crippen molar-refractivity contribution in [2.45, 2.75) is 46.5 Å². The van der Waals surface area contributed by atoms with Crippen LogP contribution in [0.15, 0.2) is 95.5 Å². The highest BCUT2D eigenvalue weighted by Crippen LogP contribution is 2.43. The minimum absolute atomic E-state index is 0.307. The number of fused-ring (bicyclic) bond motifs is 8. The van der Waals surface area contributed by atoms with Gasteiger partial charge in [0.05, 0.1) is 33.2 Å². The highest BCUT2D eigenvalue weighted by molar-refractivity contribution is 6.19. The molecule has 0 aliphatic rings. The monoisotopic (exact) mass is 560 g/mol. The largest absolute Gasteiger partial charge is 0.437 e. The lowest BCUT2D eigenvalue weighted by atomic mass is 9.92. The van der Waals surface area contributed by atoms with Gasteiger partial charge in [0.1, 0.15) is 11.4 Å². The molecule has 4 aromatic carbocycles. The Morgan fingerprint density at radius 2 is 1.42 bits per heavy atom. The molecule has 0 unspecified atom stereocenters. The van der Waals surface area contributed by atoms with Crippen LogP contribution in [0.3, 0.4) is 0 Å². The van der Waals surface area contributed by atoms with E-state index in [1.807, 2.05) is 19.2 Å². The molecule has 0 fully saturated rings. The van der Waals surface area contributed by atoms with Crippen LogP contribution in [-0.2, 0) is 0 Å². The molecule has 0 aliphatic carbocycles. The van der Waals surface area contributed by atoms with Crippen LogP contribution in [-0.4, -0.2) is 19.5 Å². The van der Waals surface area contributed by atoms with Crippen LogP contribution in [0, 0.1) is 6.92 Å². The summed E-state index contributed by atoms with van der Waals surface area (Å²) in [4.78, 5) is 15.2. The molecule has 0 radical (unpaired) electrons. The van der Waals surface area contributed by atoms with Crippen LogP contribution < -0.4 is 0 Å². The lowest BCUT2D eigenvalue weighted by Crippen LogP contribution is -2.09. The summed E-state index contributed by atoms with van der Waals surface area (Å²) in [6.07, 6.45) is 1.89. The van der Waals surface area contributed by atoms with E-state index in [4.69, 9.17) is 19.4 Å². The molecule has 4 aromatic heterocycles. The maximum atomic E-state index is 6.61. The summed E-state index contributed by atoms with van der Waals surface area (Å²) in [6.45, 7) is 11.1. The van der Waals surface area contributed by atoms with Crippen LogP contribution in [0.1, 0.15) is 56.4 Å². The van der Waals surface area contributed by atoms with E-state index in [1.54, 1.807) is 0 Å². The van der Waals surface area contributed by atoms with Crippen molar-refractivity contribution in [3.05, 3.63) is 108 Å². The van der Waals surface area contributed by atoms with Gasteiger partial charge in [-0.1, -0.05) is 94.4 Å². The van der Waals surface area contributed by atoms with Crippen LogP contribution in [0.2, 0.25) is 0 Å². The standard InChI is InChI=1S/C38H32N4O/c1-21(2)26-12-8-13-27(22(3)4)34(26)42-35-31(19-18-24-17-16-23(5)40-33(24)35)41-37(42)30-15-9-14-29-32-28-11-7-6-10-25(28)20-39-38(32)43-36(29)30/h6-22H,1-5H3. The first-order valence-electron chi connectivity index (χ1n) is 15.0. The molecule has 0 aliphatic heterocycles. The first-order chi connectivity index (χ1) is 20.9.